The average molecular weight is 480 g/mol. The molecule has 26 heavy (non-hydrogen) atoms. The summed E-state index contributed by atoms with van der Waals surface area (Å²) in [4.78, 5) is 9.06. The molecule has 1 N–H and O–H groups in total. The van der Waals surface area contributed by atoms with Crippen molar-refractivity contribution in [1.82, 2.24) is 15.1 Å². The van der Waals surface area contributed by atoms with Crippen molar-refractivity contribution in [2.75, 3.05) is 46.3 Å². The third-order valence-electron chi connectivity index (χ3n) is 4.89. The number of rotatable bonds is 7. The Balaban J connectivity index is 0.00000338. The number of guanidine groups is 1. The second-order valence-electron chi connectivity index (χ2n) is 6.55. The molecule has 0 saturated carbocycles. The van der Waals surface area contributed by atoms with E-state index in [0.29, 0.717) is 24.4 Å². The lowest BCUT2D eigenvalue weighted by atomic mass is 10.1. The van der Waals surface area contributed by atoms with Crippen LogP contribution in [0, 0.1) is 17.6 Å². The van der Waals surface area contributed by atoms with Crippen molar-refractivity contribution in [2.45, 2.75) is 26.7 Å². The van der Waals surface area contributed by atoms with Crippen LogP contribution in [0.4, 0.5) is 8.78 Å². The second kappa shape index (κ2) is 11.7. The van der Waals surface area contributed by atoms with Crippen LogP contribution in [0.5, 0.6) is 0 Å². The molecule has 0 aliphatic carbocycles. The molecule has 1 aliphatic heterocycles. The summed E-state index contributed by atoms with van der Waals surface area (Å²) in [6, 6.07) is 3.58. The van der Waals surface area contributed by atoms with Crippen molar-refractivity contribution in [2.24, 2.45) is 10.9 Å². The molecule has 0 aromatic heterocycles. The number of likely N-dealkylation sites (tertiary alicyclic amines) is 1. The van der Waals surface area contributed by atoms with Crippen molar-refractivity contribution >= 4 is 29.9 Å². The van der Waals surface area contributed by atoms with Crippen LogP contribution >= 0.6 is 24.0 Å². The van der Waals surface area contributed by atoms with Crippen molar-refractivity contribution in [3.05, 3.63) is 35.4 Å². The molecule has 1 aromatic carbocycles. The van der Waals surface area contributed by atoms with Gasteiger partial charge in [-0.3, -0.25) is 4.99 Å². The Kier molecular flexibility index (Phi) is 10.4. The van der Waals surface area contributed by atoms with Gasteiger partial charge in [-0.2, -0.15) is 0 Å². The van der Waals surface area contributed by atoms with Crippen LogP contribution in [0.15, 0.2) is 23.2 Å². The predicted molar refractivity (Wildman–Crippen MR) is 114 cm³/mol. The lowest BCUT2D eigenvalue weighted by Gasteiger charge is -2.24. The van der Waals surface area contributed by atoms with Crippen LogP contribution in [0.1, 0.15) is 25.8 Å². The highest BCUT2D eigenvalue weighted by atomic mass is 127. The van der Waals surface area contributed by atoms with E-state index in [-0.39, 0.29) is 29.8 Å². The quantitative estimate of drug-likeness (QED) is 0.369. The maximum absolute atomic E-state index is 13.7. The number of benzene rings is 1. The Morgan fingerprint density at radius 2 is 2.04 bits per heavy atom. The van der Waals surface area contributed by atoms with E-state index in [4.69, 9.17) is 0 Å². The van der Waals surface area contributed by atoms with Gasteiger partial charge in [0.05, 0.1) is 0 Å². The van der Waals surface area contributed by atoms with Crippen LogP contribution in [0.2, 0.25) is 0 Å². The number of nitrogens with zero attached hydrogens (tertiary/aromatic N) is 3. The fourth-order valence-corrected chi connectivity index (χ4v) is 3.40. The standard InChI is InChI=1S/C19H30F2N4.HI/c1-4-24(5-2)13-15-9-11-25(14-15)19(22-3)23-10-8-16-12-17(20)6-7-18(16)21;/h6-7,12,15H,4-5,8-11,13-14H2,1-3H3,(H,22,23);1H. The van der Waals surface area contributed by atoms with Crippen molar-refractivity contribution in [3.63, 3.8) is 0 Å². The SMILES string of the molecule is CCN(CC)CC1CCN(C(=NC)NCCc2cc(F)ccc2F)C1.I. The summed E-state index contributed by atoms with van der Waals surface area (Å²) < 4.78 is 26.9. The van der Waals surface area contributed by atoms with E-state index in [9.17, 15) is 8.78 Å². The predicted octanol–water partition coefficient (Wildman–Crippen LogP) is 3.36. The molecular formula is C19H31F2IN4. The first-order chi connectivity index (χ1) is 12.1. The molecule has 1 aromatic rings. The molecule has 1 heterocycles. The first-order valence-corrected chi connectivity index (χ1v) is 9.19. The third-order valence-corrected chi connectivity index (χ3v) is 4.89. The minimum Gasteiger partial charge on any atom is -0.356 e. The normalized spacial score (nSPS) is 17.5. The zero-order valence-electron chi connectivity index (χ0n) is 16.0. The van der Waals surface area contributed by atoms with Gasteiger partial charge in [0.25, 0.3) is 0 Å². The van der Waals surface area contributed by atoms with Crippen molar-refractivity contribution in [1.29, 1.82) is 0 Å². The second-order valence-corrected chi connectivity index (χ2v) is 6.55. The van der Waals surface area contributed by atoms with E-state index in [1.54, 1.807) is 7.05 Å². The minimum atomic E-state index is -0.403. The fourth-order valence-electron chi connectivity index (χ4n) is 3.40. The fraction of sp³-hybridized carbons (Fsp3) is 0.632. The zero-order chi connectivity index (χ0) is 18.2. The van der Waals surface area contributed by atoms with Gasteiger partial charge in [0.15, 0.2) is 5.96 Å². The highest BCUT2D eigenvalue weighted by Crippen LogP contribution is 2.17. The summed E-state index contributed by atoms with van der Waals surface area (Å²) in [6.07, 6.45) is 1.59. The number of nitrogens with one attached hydrogen (secondary N) is 1. The highest BCUT2D eigenvalue weighted by molar-refractivity contribution is 14.0. The first-order valence-electron chi connectivity index (χ1n) is 9.19. The summed E-state index contributed by atoms with van der Waals surface area (Å²) >= 11 is 0. The van der Waals surface area contributed by atoms with E-state index < -0.39 is 5.82 Å². The number of hydrogen-bond acceptors (Lipinski definition) is 2. The Bertz CT molecular complexity index is 579. The van der Waals surface area contributed by atoms with Gasteiger partial charge in [-0.05, 0) is 55.6 Å². The van der Waals surface area contributed by atoms with E-state index in [1.807, 2.05) is 0 Å². The zero-order valence-corrected chi connectivity index (χ0v) is 18.3. The summed E-state index contributed by atoms with van der Waals surface area (Å²) in [5.41, 5.74) is 0.392. The van der Waals surface area contributed by atoms with E-state index >= 15 is 0 Å². The summed E-state index contributed by atoms with van der Waals surface area (Å²) in [5.74, 6) is 0.733. The van der Waals surface area contributed by atoms with Gasteiger partial charge < -0.3 is 15.1 Å². The lowest BCUT2D eigenvalue weighted by molar-refractivity contribution is 0.255. The van der Waals surface area contributed by atoms with Gasteiger partial charge in [0.2, 0.25) is 0 Å². The topological polar surface area (TPSA) is 30.9 Å². The molecule has 7 heteroatoms. The van der Waals surface area contributed by atoms with Crippen LogP contribution in [0.25, 0.3) is 0 Å². The van der Waals surface area contributed by atoms with E-state index in [0.717, 1.165) is 51.2 Å². The summed E-state index contributed by atoms with van der Waals surface area (Å²) in [6.45, 7) is 10.2. The monoisotopic (exact) mass is 480 g/mol. The lowest BCUT2D eigenvalue weighted by Crippen LogP contribution is -2.41. The van der Waals surface area contributed by atoms with Gasteiger partial charge >= 0.3 is 0 Å². The molecular weight excluding hydrogens is 449 g/mol. The molecule has 1 saturated heterocycles. The Hall–Kier alpha value is -0.960. The Morgan fingerprint density at radius 1 is 1.31 bits per heavy atom. The molecule has 0 bridgehead atoms. The molecule has 4 nitrogen and oxygen atoms in total. The first kappa shape index (κ1) is 23.1. The van der Waals surface area contributed by atoms with Gasteiger partial charge in [0.1, 0.15) is 11.6 Å². The molecule has 1 unspecified atom stereocenters. The van der Waals surface area contributed by atoms with Crippen LogP contribution in [-0.2, 0) is 6.42 Å². The largest absolute Gasteiger partial charge is 0.356 e. The van der Waals surface area contributed by atoms with Crippen LogP contribution in [0.3, 0.4) is 0 Å². The number of hydrogen-bond donors (Lipinski definition) is 1. The molecule has 2 rings (SSSR count). The smallest absolute Gasteiger partial charge is 0.193 e. The van der Waals surface area contributed by atoms with Gasteiger partial charge in [-0.25, -0.2) is 8.78 Å². The number of aliphatic imine (C=N–C) groups is 1. The van der Waals surface area contributed by atoms with E-state index in [1.165, 1.54) is 12.1 Å². The Labute approximate surface area is 173 Å². The minimum absolute atomic E-state index is 0. The maximum Gasteiger partial charge on any atom is 0.193 e. The van der Waals surface area contributed by atoms with Crippen LogP contribution in [-0.4, -0.2) is 62.1 Å². The van der Waals surface area contributed by atoms with Gasteiger partial charge in [-0.15, -0.1) is 24.0 Å². The molecule has 0 amide bonds. The molecule has 1 atom stereocenters. The molecule has 148 valence electrons. The van der Waals surface area contributed by atoms with Crippen molar-refractivity contribution < 1.29 is 8.78 Å². The summed E-state index contributed by atoms with van der Waals surface area (Å²) in [5, 5.41) is 3.28. The average Bonchev–Trinajstić information content (AvgIpc) is 3.07. The van der Waals surface area contributed by atoms with E-state index in [2.05, 4.69) is 34.0 Å². The Morgan fingerprint density at radius 3 is 2.69 bits per heavy atom. The van der Waals surface area contributed by atoms with Crippen LogP contribution < -0.4 is 5.32 Å². The maximum atomic E-state index is 13.7. The molecule has 1 aliphatic rings. The highest BCUT2D eigenvalue weighted by Gasteiger charge is 2.25. The molecule has 1 fully saturated rings. The molecule has 0 radical (unpaired) electrons. The summed E-state index contributed by atoms with van der Waals surface area (Å²) in [7, 11) is 1.77. The molecule has 0 spiro atoms. The number of halogens is 3. The van der Waals surface area contributed by atoms with Gasteiger partial charge in [-0.1, -0.05) is 13.8 Å². The van der Waals surface area contributed by atoms with Crippen molar-refractivity contribution in [3.8, 4) is 0 Å². The van der Waals surface area contributed by atoms with Gasteiger partial charge in [0, 0.05) is 33.2 Å². The third kappa shape index (κ3) is 6.64.